The number of carbonyl (C=O) groups is 2. The molecule has 6 heteroatoms. The summed E-state index contributed by atoms with van der Waals surface area (Å²) in [5.74, 6) is -0.244. The Hall–Kier alpha value is -3.67. The number of carbonyl (C=O) groups excluding carboxylic acids is 2. The van der Waals surface area contributed by atoms with Gasteiger partial charge < -0.3 is 14.2 Å². The molecule has 0 aliphatic carbocycles. The van der Waals surface area contributed by atoms with Crippen LogP contribution in [-0.4, -0.2) is 25.2 Å². The molecule has 0 heterocycles. The molecule has 3 aromatic rings. The van der Waals surface area contributed by atoms with Gasteiger partial charge >= 0.3 is 11.9 Å². The van der Waals surface area contributed by atoms with E-state index in [2.05, 4.69) is 6.92 Å². The Morgan fingerprint density at radius 2 is 1.41 bits per heavy atom. The predicted molar refractivity (Wildman–Crippen MR) is 152 cm³/mol. The van der Waals surface area contributed by atoms with Crippen molar-refractivity contribution >= 4 is 11.9 Å². The molecular formula is C33H39FO5. The Kier molecular flexibility index (Phi) is 12.0. The van der Waals surface area contributed by atoms with Crippen molar-refractivity contribution in [2.45, 2.75) is 65.7 Å². The van der Waals surface area contributed by atoms with Crippen LogP contribution in [-0.2, 0) is 4.74 Å². The van der Waals surface area contributed by atoms with Gasteiger partial charge in [0, 0.05) is 5.56 Å². The Bertz CT molecular complexity index is 1190. The van der Waals surface area contributed by atoms with Crippen LogP contribution in [0.15, 0.2) is 66.7 Å². The maximum atomic E-state index is 14.8. The minimum absolute atomic E-state index is 0.170. The van der Waals surface area contributed by atoms with Crippen LogP contribution in [0.2, 0.25) is 0 Å². The van der Waals surface area contributed by atoms with E-state index in [-0.39, 0.29) is 11.5 Å². The van der Waals surface area contributed by atoms with Crippen LogP contribution in [0.4, 0.5) is 4.39 Å². The molecule has 0 radical (unpaired) electrons. The molecule has 0 spiro atoms. The van der Waals surface area contributed by atoms with Crippen LogP contribution in [0.1, 0.15) is 86.4 Å². The normalized spacial score (nSPS) is 11.6. The molecule has 3 rings (SSSR count). The van der Waals surface area contributed by atoms with Crippen molar-refractivity contribution in [1.29, 1.82) is 0 Å². The van der Waals surface area contributed by atoms with E-state index in [0.717, 1.165) is 25.0 Å². The molecule has 0 fully saturated rings. The average Bonchev–Trinajstić information content (AvgIpc) is 2.96. The molecule has 0 aromatic heterocycles. The summed E-state index contributed by atoms with van der Waals surface area (Å²) in [6.45, 7) is 7.18. The maximum Gasteiger partial charge on any atom is 0.343 e. The van der Waals surface area contributed by atoms with E-state index in [9.17, 15) is 14.0 Å². The number of unbranched alkanes of at least 4 members (excludes halogenated alkanes) is 5. The van der Waals surface area contributed by atoms with E-state index < -0.39 is 17.8 Å². The molecule has 208 valence electrons. The first-order valence-electron chi connectivity index (χ1n) is 13.9. The number of ether oxygens (including phenoxy) is 3. The molecule has 0 amide bonds. The molecule has 0 saturated heterocycles. The molecule has 0 aliphatic heterocycles. The quantitative estimate of drug-likeness (QED) is 0.111. The first kappa shape index (κ1) is 29.9. The molecule has 5 nitrogen and oxygen atoms in total. The van der Waals surface area contributed by atoms with Crippen molar-refractivity contribution in [3.05, 3.63) is 83.7 Å². The van der Waals surface area contributed by atoms with Crippen LogP contribution in [0.5, 0.6) is 11.5 Å². The number of hydrogen-bond donors (Lipinski definition) is 0. The number of esters is 2. The van der Waals surface area contributed by atoms with Gasteiger partial charge in [-0.1, -0.05) is 77.5 Å². The second-order valence-electron chi connectivity index (χ2n) is 9.86. The van der Waals surface area contributed by atoms with Gasteiger partial charge in [-0.2, -0.15) is 0 Å². The van der Waals surface area contributed by atoms with Crippen LogP contribution in [0, 0.1) is 11.7 Å². The third-order valence-electron chi connectivity index (χ3n) is 6.63. The molecule has 0 aliphatic rings. The fraction of sp³-hybridized carbons (Fsp3) is 0.394. The highest BCUT2D eigenvalue weighted by atomic mass is 19.1. The van der Waals surface area contributed by atoms with Crippen molar-refractivity contribution in [3.63, 3.8) is 0 Å². The minimum Gasteiger partial charge on any atom is -0.494 e. The van der Waals surface area contributed by atoms with E-state index in [4.69, 9.17) is 14.2 Å². The van der Waals surface area contributed by atoms with E-state index in [0.29, 0.717) is 35.7 Å². The molecule has 0 saturated carbocycles. The van der Waals surface area contributed by atoms with Crippen LogP contribution >= 0.6 is 0 Å². The average molecular weight is 535 g/mol. The van der Waals surface area contributed by atoms with Crippen LogP contribution in [0.3, 0.4) is 0 Å². The van der Waals surface area contributed by atoms with Gasteiger partial charge in [-0.15, -0.1) is 0 Å². The minimum atomic E-state index is -0.541. The first-order valence-corrected chi connectivity index (χ1v) is 13.9. The molecule has 0 bridgehead atoms. The Balaban J connectivity index is 1.51. The van der Waals surface area contributed by atoms with Gasteiger partial charge in [0.05, 0.1) is 24.3 Å². The van der Waals surface area contributed by atoms with E-state index in [1.54, 1.807) is 60.7 Å². The zero-order valence-corrected chi connectivity index (χ0v) is 23.2. The molecule has 0 N–H and O–H groups in total. The summed E-state index contributed by atoms with van der Waals surface area (Å²) in [5.41, 5.74) is 1.51. The monoisotopic (exact) mass is 534 g/mol. The van der Waals surface area contributed by atoms with E-state index in [1.807, 2.05) is 13.8 Å². The zero-order chi connectivity index (χ0) is 28.0. The summed E-state index contributed by atoms with van der Waals surface area (Å²) in [6, 6.07) is 17.7. The van der Waals surface area contributed by atoms with Crippen molar-refractivity contribution in [2.75, 3.05) is 13.2 Å². The van der Waals surface area contributed by atoms with Crippen molar-refractivity contribution < 1.29 is 28.2 Å². The van der Waals surface area contributed by atoms with Crippen molar-refractivity contribution in [2.24, 2.45) is 5.92 Å². The summed E-state index contributed by atoms with van der Waals surface area (Å²) in [7, 11) is 0. The second kappa shape index (κ2) is 15.7. The van der Waals surface area contributed by atoms with Gasteiger partial charge in [-0.05, 0) is 66.4 Å². The third-order valence-corrected chi connectivity index (χ3v) is 6.63. The Labute approximate surface area is 231 Å². The topological polar surface area (TPSA) is 61.8 Å². The number of halogens is 1. The Morgan fingerprint density at radius 1 is 0.769 bits per heavy atom. The fourth-order valence-electron chi connectivity index (χ4n) is 3.92. The number of rotatable bonds is 15. The number of benzene rings is 3. The summed E-state index contributed by atoms with van der Waals surface area (Å²) in [5, 5.41) is 0. The lowest BCUT2D eigenvalue weighted by Crippen LogP contribution is -2.11. The molecule has 39 heavy (non-hydrogen) atoms. The highest BCUT2D eigenvalue weighted by molar-refractivity contribution is 5.91. The lowest BCUT2D eigenvalue weighted by Gasteiger charge is -2.11. The van der Waals surface area contributed by atoms with Gasteiger partial charge in [-0.25, -0.2) is 14.0 Å². The van der Waals surface area contributed by atoms with Crippen LogP contribution in [0.25, 0.3) is 11.1 Å². The highest BCUT2D eigenvalue weighted by Gasteiger charge is 2.14. The SMILES string of the molecule is CCCCCCCCOc1ccc(C(=O)Oc2ccc(-c3ccc(C(=O)OC[C@@H](C)CC)cc3F)cc2)cc1. The van der Waals surface area contributed by atoms with Gasteiger partial charge in [0.15, 0.2) is 0 Å². The molecule has 1 atom stereocenters. The highest BCUT2D eigenvalue weighted by Crippen LogP contribution is 2.27. The molecule has 0 unspecified atom stereocenters. The van der Waals surface area contributed by atoms with Crippen molar-refractivity contribution in [1.82, 2.24) is 0 Å². The van der Waals surface area contributed by atoms with Gasteiger partial charge in [0.1, 0.15) is 17.3 Å². The van der Waals surface area contributed by atoms with Gasteiger partial charge in [-0.3, -0.25) is 0 Å². The fourth-order valence-corrected chi connectivity index (χ4v) is 3.92. The largest absolute Gasteiger partial charge is 0.494 e. The zero-order valence-electron chi connectivity index (χ0n) is 23.2. The predicted octanol–water partition coefficient (Wildman–Crippen LogP) is 8.65. The van der Waals surface area contributed by atoms with Gasteiger partial charge in [0.2, 0.25) is 0 Å². The second-order valence-corrected chi connectivity index (χ2v) is 9.86. The smallest absolute Gasteiger partial charge is 0.343 e. The van der Waals surface area contributed by atoms with E-state index in [1.165, 1.54) is 31.7 Å². The lowest BCUT2D eigenvalue weighted by molar-refractivity contribution is 0.0446. The first-order chi connectivity index (χ1) is 18.9. The summed E-state index contributed by atoms with van der Waals surface area (Å²) < 4.78 is 31.3. The lowest BCUT2D eigenvalue weighted by atomic mass is 10.0. The Morgan fingerprint density at radius 3 is 2.08 bits per heavy atom. The maximum absolute atomic E-state index is 14.8. The standard InChI is InChI=1S/C33H39FO5/c1-4-6-7-8-9-10-21-37-28-16-13-26(14-17-28)33(36)39-29-18-11-25(12-19-29)30-20-15-27(22-31(30)34)32(35)38-23-24(3)5-2/h11-20,22,24H,4-10,21,23H2,1-3H3/t24-/m0/s1. The van der Waals surface area contributed by atoms with Crippen molar-refractivity contribution in [3.8, 4) is 22.6 Å². The van der Waals surface area contributed by atoms with Gasteiger partial charge in [0.25, 0.3) is 0 Å². The van der Waals surface area contributed by atoms with E-state index >= 15 is 0 Å². The third kappa shape index (κ3) is 9.54. The summed E-state index contributed by atoms with van der Waals surface area (Å²) >= 11 is 0. The number of hydrogen-bond acceptors (Lipinski definition) is 5. The molecule has 3 aromatic carbocycles. The summed E-state index contributed by atoms with van der Waals surface area (Å²) in [4.78, 5) is 24.8. The molecular weight excluding hydrogens is 495 g/mol. The summed E-state index contributed by atoms with van der Waals surface area (Å²) in [6.07, 6.45) is 8.11. The van der Waals surface area contributed by atoms with Crippen LogP contribution < -0.4 is 9.47 Å².